The van der Waals surface area contributed by atoms with Crippen molar-refractivity contribution >= 4 is 5.91 Å². The van der Waals surface area contributed by atoms with Gasteiger partial charge in [0, 0.05) is 18.2 Å². The van der Waals surface area contributed by atoms with E-state index in [2.05, 4.69) is 15.5 Å². The monoisotopic (exact) mass is 287 g/mol. The van der Waals surface area contributed by atoms with Crippen molar-refractivity contribution in [3.8, 4) is 11.5 Å². The van der Waals surface area contributed by atoms with Crippen LogP contribution in [-0.2, 0) is 11.2 Å². The number of aryl methyl sites for hydroxylation is 1. The van der Waals surface area contributed by atoms with Crippen LogP contribution in [0.25, 0.3) is 0 Å². The fraction of sp³-hybridized carbons (Fsp3) is 0.333. The van der Waals surface area contributed by atoms with Gasteiger partial charge in [-0.05, 0) is 31.0 Å². The molecule has 0 bridgehead atoms. The highest BCUT2D eigenvalue weighted by atomic mass is 16.7. The minimum Gasteiger partial charge on any atom is -0.454 e. The second kappa shape index (κ2) is 5.87. The average molecular weight is 287 g/mol. The van der Waals surface area contributed by atoms with Gasteiger partial charge in [-0.1, -0.05) is 6.07 Å². The molecule has 1 atom stereocenters. The highest BCUT2D eigenvalue weighted by molar-refractivity contribution is 5.76. The molecule has 6 heteroatoms. The van der Waals surface area contributed by atoms with Gasteiger partial charge in [-0.25, -0.2) is 0 Å². The SMILES string of the molecule is CC(NC(=O)CCc1ccc2c(c1)OCO2)c1cn[nH]c1. The van der Waals surface area contributed by atoms with Crippen LogP contribution in [-0.4, -0.2) is 22.9 Å². The molecule has 0 spiro atoms. The lowest BCUT2D eigenvalue weighted by atomic mass is 10.1. The van der Waals surface area contributed by atoms with Crippen molar-refractivity contribution < 1.29 is 14.3 Å². The summed E-state index contributed by atoms with van der Waals surface area (Å²) in [6.07, 6.45) is 4.59. The van der Waals surface area contributed by atoms with Gasteiger partial charge in [0.1, 0.15) is 0 Å². The van der Waals surface area contributed by atoms with E-state index in [1.54, 1.807) is 12.4 Å². The van der Waals surface area contributed by atoms with Gasteiger partial charge in [-0.15, -0.1) is 0 Å². The predicted octanol–water partition coefficient (Wildman–Crippen LogP) is 1.95. The molecule has 0 saturated carbocycles. The summed E-state index contributed by atoms with van der Waals surface area (Å²) in [5.74, 6) is 1.53. The molecule has 2 N–H and O–H groups in total. The summed E-state index contributed by atoms with van der Waals surface area (Å²) in [7, 11) is 0. The number of carbonyl (C=O) groups is 1. The summed E-state index contributed by atoms with van der Waals surface area (Å²) in [6, 6.07) is 5.71. The summed E-state index contributed by atoms with van der Waals surface area (Å²) >= 11 is 0. The highest BCUT2D eigenvalue weighted by Gasteiger charge is 2.14. The maximum absolute atomic E-state index is 12.0. The number of aromatic amines is 1. The third kappa shape index (κ3) is 3.16. The Morgan fingerprint density at radius 2 is 2.29 bits per heavy atom. The predicted molar refractivity (Wildman–Crippen MR) is 76.0 cm³/mol. The van der Waals surface area contributed by atoms with Crippen LogP contribution in [0.5, 0.6) is 11.5 Å². The van der Waals surface area contributed by atoms with Crippen LogP contribution in [0.15, 0.2) is 30.6 Å². The van der Waals surface area contributed by atoms with E-state index in [-0.39, 0.29) is 18.7 Å². The largest absolute Gasteiger partial charge is 0.454 e. The zero-order chi connectivity index (χ0) is 14.7. The lowest BCUT2D eigenvalue weighted by molar-refractivity contribution is -0.121. The summed E-state index contributed by atoms with van der Waals surface area (Å²) in [5.41, 5.74) is 2.02. The van der Waals surface area contributed by atoms with E-state index >= 15 is 0 Å². The Hall–Kier alpha value is -2.50. The molecule has 0 fully saturated rings. The van der Waals surface area contributed by atoms with Gasteiger partial charge in [-0.3, -0.25) is 9.89 Å². The molecule has 0 radical (unpaired) electrons. The Morgan fingerprint density at radius 3 is 3.10 bits per heavy atom. The molecule has 1 aromatic carbocycles. The summed E-state index contributed by atoms with van der Waals surface area (Å²) in [5, 5.41) is 9.56. The first-order valence-corrected chi connectivity index (χ1v) is 6.89. The molecule has 1 unspecified atom stereocenters. The maximum atomic E-state index is 12.0. The fourth-order valence-electron chi connectivity index (χ4n) is 2.25. The topological polar surface area (TPSA) is 76.2 Å². The molecule has 1 aromatic heterocycles. The number of carbonyl (C=O) groups excluding carboxylic acids is 1. The molecule has 6 nitrogen and oxygen atoms in total. The lowest BCUT2D eigenvalue weighted by Crippen LogP contribution is -2.26. The third-order valence-corrected chi connectivity index (χ3v) is 3.47. The number of fused-ring (bicyclic) bond motifs is 1. The fourth-order valence-corrected chi connectivity index (χ4v) is 2.25. The van der Waals surface area contributed by atoms with Crippen LogP contribution >= 0.6 is 0 Å². The zero-order valence-corrected chi connectivity index (χ0v) is 11.8. The van der Waals surface area contributed by atoms with Gasteiger partial charge in [0.25, 0.3) is 0 Å². The van der Waals surface area contributed by atoms with Crippen LogP contribution in [0.3, 0.4) is 0 Å². The Labute approximate surface area is 122 Å². The van der Waals surface area contributed by atoms with Crippen molar-refractivity contribution in [3.05, 3.63) is 41.7 Å². The van der Waals surface area contributed by atoms with Crippen molar-refractivity contribution in [1.29, 1.82) is 0 Å². The summed E-state index contributed by atoms with van der Waals surface area (Å²) < 4.78 is 10.6. The zero-order valence-electron chi connectivity index (χ0n) is 11.8. The molecule has 1 aliphatic rings. The van der Waals surface area contributed by atoms with Gasteiger partial charge in [-0.2, -0.15) is 5.10 Å². The first-order valence-electron chi connectivity index (χ1n) is 6.89. The average Bonchev–Trinajstić information content (AvgIpc) is 3.15. The van der Waals surface area contributed by atoms with Gasteiger partial charge in [0.2, 0.25) is 12.7 Å². The van der Waals surface area contributed by atoms with Crippen LogP contribution in [0, 0.1) is 0 Å². The minimum absolute atomic E-state index is 0.0152. The van der Waals surface area contributed by atoms with Crippen molar-refractivity contribution in [2.24, 2.45) is 0 Å². The standard InChI is InChI=1S/C15H17N3O3/c1-10(12-7-16-17-8-12)18-15(19)5-3-11-2-4-13-14(6-11)21-9-20-13/h2,4,6-8,10H,3,5,9H2,1H3,(H,16,17)(H,18,19). The number of ether oxygens (including phenoxy) is 2. The molecule has 2 aromatic rings. The van der Waals surface area contributed by atoms with Crippen LogP contribution in [0.4, 0.5) is 0 Å². The van der Waals surface area contributed by atoms with Crippen molar-refractivity contribution in [3.63, 3.8) is 0 Å². The van der Waals surface area contributed by atoms with Gasteiger partial charge < -0.3 is 14.8 Å². The first kappa shape index (κ1) is 13.5. The van der Waals surface area contributed by atoms with Gasteiger partial charge in [0.05, 0.1) is 12.2 Å². The van der Waals surface area contributed by atoms with Crippen LogP contribution in [0.1, 0.15) is 30.5 Å². The molecule has 0 aliphatic carbocycles. The Morgan fingerprint density at radius 1 is 1.43 bits per heavy atom. The number of hydrogen-bond donors (Lipinski definition) is 2. The number of amides is 1. The minimum atomic E-state index is -0.0481. The number of aromatic nitrogens is 2. The van der Waals surface area contributed by atoms with Crippen molar-refractivity contribution in [2.45, 2.75) is 25.8 Å². The van der Waals surface area contributed by atoms with Crippen LogP contribution in [0.2, 0.25) is 0 Å². The van der Waals surface area contributed by atoms with Gasteiger partial charge >= 0.3 is 0 Å². The van der Waals surface area contributed by atoms with E-state index in [1.807, 2.05) is 25.1 Å². The lowest BCUT2D eigenvalue weighted by Gasteiger charge is -2.12. The summed E-state index contributed by atoms with van der Waals surface area (Å²) in [4.78, 5) is 12.0. The molecule has 110 valence electrons. The molecular formula is C15H17N3O3. The molecule has 3 rings (SSSR count). The Kier molecular flexibility index (Phi) is 3.77. The van der Waals surface area contributed by atoms with E-state index in [9.17, 15) is 4.79 Å². The summed E-state index contributed by atoms with van der Waals surface area (Å²) in [6.45, 7) is 2.20. The van der Waals surface area contributed by atoms with Gasteiger partial charge in [0.15, 0.2) is 11.5 Å². The maximum Gasteiger partial charge on any atom is 0.231 e. The first-order chi connectivity index (χ1) is 10.2. The molecule has 21 heavy (non-hydrogen) atoms. The normalized spacial score (nSPS) is 14.0. The number of nitrogens with one attached hydrogen (secondary N) is 2. The number of rotatable bonds is 5. The molecule has 1 amide bonds. The van der Waals surface area contributed by atoms with Crippen molar-refractivity contribution in [1.82, 2.24) is 15.5 Å². The van der Waals surface area contributed by atoms with Crippen molar-refractivity contribution in [2.75, 3.05) is 6.79 Å². The Bertz CT molecular complexity index is 625. The van der Waals surface area contributed by atoms with E-state index in [0.29, 0.717) is 12.8 Å². The van der Waals surface area contributed by atoms with E-state index in [1.165, 1.54) is 0 Å². The van der Waals surface area contributed by atoms with E-state index in [4.69, 9.17) is 9.47 Å². The van der Waals surface area contributed by atoms with E-state index < -0.39 is 0 Å². The highest BCUT2D eigenvalue weighted by Crippen LogP contribution is 2.32. The number of H-pyrrole nitrogens is 1. The second-order valence-corrected chi connectivity index (χ2v) is 5.01. The number of nitrogens with zero attached hydrogens (tertiary/aromatic N) is 1. The Balaban J connectivity index is 1.52. The third-order valence-electron chi connectivity index (χ3n) is 3.47. The second-order valence-electron chi connectivity index (χ2n) is 5.01. The molecule has 1 aliphatic heterocycles. The molecular weight excluding hydrogens is 270 g/mol. The van der Waals surface area contributed by atoms with Crippen LogP contribution < -0.4 is 14.8 Å². The number of hydrogen-bond acceptors (Lipinski definition) is 4. The molecule has 2 heterocycles. The quantitative estimate of drug-likeness (QED) is 0.881. The number of benzene rings is 1. The van der Waals surface area contributed by atoms with E-state index in [0.717, 1.165) is 22.6 Å². The smallest absolute Gasteiger partial charge is 0.231 e. The molecule has 0 saturated heterocycles.